The summed E-state index contributed by atoms with van der Waals surface area (Å²) < 4.78 is 26.4. The van der Waals surface area contributed by atoms with E-state index in [9.17, 15) is 18.0 Å². The topological polar surface area (TPSA) is 86.8 Å². The Hall–Kier alpha value is -2.00. The van der Waals surface area contributed by atoms with Crippen LogP contribution in [-0.2, 0) is 26.2 Å². The molecule has 0 saturated carbocycles. The van der Waals surface area contributed by atoms with Crippen LogP contribution in [-0.4, -0.2) is 50.0 Å². The number of rotatable bonds is 10. The van der Waals surface area contributed by atoms with Crippen LogP contribution in [0.1, 0.15) is 38.3 Å². The second kappa shape index (κ2) is 12.3. The molecule has 192 valence electrons. The van der Waals surface area contributed by atoms with Crippen molar-refractivity contribution in [2.45, 2.75) is 52.7 Å². The highest BCUT2D eigenvalue weighted by atomic mass is 35.5. The second-order valence-corrected chi connectivity index (χ2v) is 11.7. The number of halogens is 3. The predicted molar refractivity (Wildman–Crippen MR) is 143 cm³/mol. The largest absolute Gasteiger partial charge is 0.352 e. The first kappa shape index (κ1) is 29.2. The van der Waals surface area contributed by atoms with E-state index in [1.807, 2.05) is 13.8 Å². The van der Waals surface area contributed by atoms with Gasteiger partial charge in [-0.25, -0.2) is 8.42 Å². The molecule has 0 aromatic heterocycles. The van der Waals surface area contributed by atoms with Gasteiger partial charge in [-0.1, -0.05) is 53.9 Å². The Labute approximate surface area is 222 Å². The number of carbonyl (C=O) groups is 2. The van der Waals surface area contributed by atoms with Crippen LogP contribution in [0.3, 0.4) is 0 Å². The summed E-state index contributed by atoms with van der Waals surface area (Å²) in [6.07, 6.45) is 1.33. The van der Waals surface area contributed by atoms with Crippen molar-refractivity contribution < 1.29 is 18.0 Å². The van der Waals surface area contributed by atoms with Crippen molar-refractivity contribution in [3.63, 3.8) is 0 Å². The number of benzene rings is 2. The third kappa shape index (κ3) is 7.74. The number of carbonyl (C=O) groups excluding carboxylic acids is 2. The first-order chi connectivity index (χ1) is 16.3. The summed E-state index contributed by atoms with van der Waals surface area (Å²) >= 11 is 18.6. The molecule has 11 heteroatoms. The number of anilines is 1. The number of hydrogen-bond acceptors (Lipinski definition) is 4. The van der Waals surface area contributed by atoms with Gasteiger partial charge in [0.05, 0.1) is 11.9 Å². The Balaban J connectivity index is 2.52. The van der Waals surface area contributed by atoms with Crippen molar-refractivity contribution in [1.82, 2.24) is 10.2 Å². The van der Waals surface area contributed by atoms with Crippen molar-refractivity contribution in [1.29, 1.82) is 0 Å². The zero-order chi connectivity index (χ0) is 26.5. The van der Waals surface area contributed by atoms with Gasteiger partial charge in [0.2, 0.25) is 21.8 Å². The fraction of sp³-hybridized carbons (Fsp3) is 0.417. The maximum Gasteiger partial charge on any atom is 0.244 e. The summed E-state index contributed by atoms with van der Waals surface area (Å²) in [7, 11) is -3.86. The van der Waals surface area contributed by atoms with Gasteiger partial charge in [-0.2, -0.15) is 0 Å². The normalized spacial score (nSPS) is 12.4. The van der Waals surface area contributed by atoms with Crippen molar-refractivity contribution in [2.75, 3.05) is 17.1 Å². The lowest BCUT2D eigenvalue weighted by Crippen LogP contribution is -2.53. The van der Waals surface area contributed by atoms with Crippen molar-refractivity contribution >= 4 is 62.3 Å². The van der Waals surface area contributed by atoms with E-state index in [1.165, 1.54) is 4.90 Å². The van der Waals surface area contributed by atoms with E-state index < -0.39 is 28.5 Å². The number of nitrogens with zero attached hydrogens (tertiary/aromatic N) is 2. The second-order valence-electron chi connectivity index (χ2n) is 8.50. The van der Waals surface area contributed by atoms with Gasteiger partial charge in [0.25, 0.3) is 0 Å². The molecule has 0 bridgehead atoms. The first-order valence-corrected chi connectivity index (χ1v) is 14.0. The van der Waals surface area contributed by atoms with E-state index in [0.717, 1.165) is 10.6 Å². The molecule has 0 aliphatic rings. The van der Waals surface area contributed by atoms with Gasteiger partial charge in [-0.15, -0.1) is 0 Å². The lowest BCUT2D eigenvalue weighted by molar-refractivity contribution is -0.140. The molecule has 0 unspecified atom stereocenters. The van der Waals surface area contributed by atoms with Crippen molar-refractivity contribution in [2.24, 2.45) is 0 Å². The molecule has 2 aromatic rings. The molecule has 1 N–H and O–H groups in total. The first-order valence-electron chi connectivity index (χ1n) is 11.0. The average molecular weight is 563 g/mol. The molecule has 2 aromatic carbocycles. The summed E-state index contributed by atoms with van der Waals surface area (Å²) in [6, 6.07) is 8.71. The molecule has 2 amide bonds. The molecule has 35 heavy (non-hydrogen) atoms. The molecule has 0 saturated heterocycles. The van der Waals surface area contributed by atoms with Gasteiger partial charge in [-0.05, 0) is 62.6 Å². The maximum absolute atomic E-state index is 13.7. The average Bonchev–Trinajstić information content (AvgIpc) is 2.74. The Kier molecular flexibility index (Phi) is 10.3. The quantitative estimate of drug-likeness (QED) is 0.439. The Morgan fingerprint density at radius 3 is 2.26 bits per heavy atom. The van der Waals surface area contributed by atoms with Crippen molar-refractivity contribution in [3.05, 3.63) is 62.6 Å². The zero-order valence-corrected chi connectivity index (χ0v) is 23.4. The highest BCUT2D eigenvalue weighted by molar-refractivity contribution is 7.92. The number of hydrogen-bond donors (Lipinski definition) is 1. The highest BCUT2D eigenvalue weighted by Crippen LogP contribution is 2.29. The fourth-order valence-electron chi connectivity index (χ4n) is 3.59. The highest BCUT2D eigenvalue weighted by Gasteiger charge is 2.32. The predicted octanol–water partition coefficient (Wildman–Crippen LogP) is 5.05. The number of amides is 2. The minimum Gasteiger partial charge on any atom is -0.352 e. The van der Waals surface area contributed by atoms with Gasteiger partial charge >= 0.3 is 0 Å². The minimum absolute atomic E-state index is 0.00894. The molecule has 1 atom stereocenters. The van der Waals surface area contributed by atoms with Crippen LogP contribution in [0, 0.1) is 6.92 Å². The summed E-state index contributed by atoms with van der Waals surface area (Å²) in [5, 5.41) is 3.97. The van der Waals surface area contributed by atoms with Crippen LogP contribution in [0.5, 0.6) is 0 Å². The van der Waals surface area contributed by atoms with E-state index in [4.69, 9.17) is 34.8 Å². The van der Waals surface area contributed by atoms with E-state index >= 15 is 0 Å². The van der Waals surface area contributed by atoms with Crippen LogP contribution in [0.15, 0.2) is 36.4 Å². The minimum atomic E-state index is -3.86. The van der Waals surface area contributed by atoms with Crippen molar-refractivity contribution in [3.8, 4) is 0 Å². The Morgan fingerprint density at radius 1 is 1.06 bits per heavy atom. The molecule has 0 spiro atoms. The Bertz CT molecular complexity index is 1190. The molecule has 0 aliphatic carbocycles. The molecule has 0 radical (unpaired) electrons. The standard InChI is InChI=1S/C24H30Cl3N3O4S/c1-6-21(24(32)28-15(2)3)29(13-17-10-11-18(25)12-20(17)27)23(31)14-30(35(5,33)34)22-9-7-8-19(26)16(22)4/h7-12,15,21H,6,13-14H2,1-5H3,(H,28,32)/t21-/m0/s1. The van der Waals surface area contributed by atoms with E-state index in [0.29, 0.717) is 32.6 Å². The van der Waals surface area contributed by atoms with Gasteiger partial charge < -0.3 is 10.2 Å². The van der Waals surface area contributed by atoms with Crippen LogP contribution >= 0.6 is 34.8 Å². The molecular weight excluding hydrogens is 533 g/mol. The van der Waals surface area contributed by atoms with E-state index in [1.54, 1.807) is 50.2 Å². The van der Waals surface area contributed by atoms with E-state index in [-0.39, 0.29) is 24.2 Å². The van der Waals surface area contributed by atoms with Gasteiger partial charge in [-0.3, -0.25) is 13.9 Å². The van der Waals surface area contributed by atoms with Crippen LogP contribution in [0.4, 0.5) is 5.69 Å². The summed E-state index contributed by atoms with van der Waals surface area (Å²) in [4.78, 5) is 28.0. The third-order valence-corrected chi connectivity index (χ3v) is 7.48. The van der Waals surface area contributed by atoms with E-state index in [2.05, 4.69) is 5.32 Å². The molecule has 0 fully saturated rings. The fourth-order valence-corrected chi connectivity index (χ4v) is 5.13. The van der Waals surface area contributed by atoms with Gasteiger partial charge in [0, 0.05) is 27.7 Å². The van der Waals surface area contributed by atoms with Crippen LogP contribution in [0.25, 0.3) is 0 Å². The molecule has 0 aliphatic heterocycles. The van der Waals surface area contributed by atoms with Gasteiger partial charge in [0.1, 0.15) is 12.6 Å². The molecule has 7 nitrogen and oxygen atoms in total. The third-order valence-electron chi connectivity index (χ3n) is 5.36. The molecule has 2 rings (SSSR count). The van der Waals surface area contributed by atoms with Crippen LogP contribution in [0.2, 0.25) is 15.1 Å². The maximum atomic E-state index is 13.7. The lowest BCUT2D eigenvalue weighted by atomic mass is 10.1. The monoisotopic (exact) mass is 561 g/mol. The van der Waals surface area contributed by atoms with Gasteiger partial charge in [0.15, 0.2) is 0 Å². The molecule has 0 heterocycles. The summed E-state index contributed by atoms with van der Waals surface area (Å²) in [6.45, 7) is 6.57. The zero-order valence-electron chi connectivity index (χ0n) is 20.3. The number of nitrogens with one attached hydrogen (secondary N) is 1. The smallest absolute Gasteiger partial charge is 0.244 e. The summed E-state index contributed by atoms with van der Waals surface area (Å²) in [5.74, 6) is -0.905. The summed E-state index contributed by atoms with van der Waals surface area (Å²) in [5.41, 5.74) is 1.38. The Morgan fingerprint density at radius 2 is 1.71 bits per heavy atom. The lowest BCUT2D eigenvalue weighted by Gasteiger charge is -2.33. The van der Waals surface area contributed by atoms with Crippen LogP contribution < -0.4 is 9.62 Å². The molecular formula is C24H30Cl3N3O4S. The number of sulfonamides is 1. The SMILES string of the molecule is CC[C@@H](C(=O)NC(C)C)N(Cc1ccc(Cl)cc1Cl)C(=O)CN(c1cccc(Cl)c1C)S(C)(=O)=O.